The van der Waals surface area contributed by atoms with Gasteiger partial charge >= 0.3 is 0 Å². The smallest absolute Gasteiger partial charge is 0.244 e. The van der Waals surface area contributed by atoms with Gasteiger partial charge in [0.15, 0.2) is 0 Å². The van der Waals surface area contributed by atoms with E-state index in [0.29, 0.717) is 16.1 Å². The minimum atomic E-state index is -0.313. The van der Waals surface area contributed by atoms with Gasteiger partial charge in [0.2, 0.25) is 11.7 Å². The third-order valence-electron chi connectivity index (χ3n) is 3.87. The molecule has 0 aromatic heterocycles. The molecule has 1 amide bonds. The Bertz CT molecular complexity index is 953. The molecule has 134 valence electrons. The Morgan fingerprint density at radius 2 is 1.33 bits per heavy atom. The molecule has 0 radical (unpaired) electrons. The van der Waals surface area contributed by atoms with Crippen molar-refractivity contribution in [3.8, 4) is 0 Å². The van der Waals surface area contributed by atoms with Crippen LogP contribution in [0.1, 0.15) is 21.5 Å². The molecule has 0 saturated carbocycles. The van der Waals surface area contributed by atoms with E-state index in [0.717, 1.165) is 5.56 Å². The SMILES string of the molecule is O=C(Cc1ccc(Cl)cc1)NN=C(C(=O)c1ccccc1)c1ccccc1. The van der Waals surface area contributed by atoms with Crippen LogP contribution >= 0.6 is 11.6 Å². The summed E-state index contributed by atoms with van der Waals surface area (Å²) in [4.78, 5) is 25.1. The van der Waals surface area contributed by atoms with E-state index in [1.54, 1.807) is 60.7 Å². The van der Waals surface area contributed by atoms with Crippen molar-refractivity contribution in [2.45, 2.75) is 6.42 Å². The molecule has 3 aromatic rings. The molecule has 3 aromatic carbocycles. The summed E-state index contributed by atoms with van der Waals surface area (Å²) in [5.41, 5.74) is 4.63. The average Bonchev–Trinajstić information content (AvgIpc) is 2.71. The number of halogens is 1. The molecule has 0 aliphatic rings. The van der Waals surface area contributed by atoms with E-state index < -0.39 is 0 Å². The number of ketones is 1. The molecule has 27 heavy (non-hydrogen) atoms. The zero-order chi connectivity index (χ0) is 19.1. The zero-order valence-corrected chi connectivity index (χ0v) is 15.2. The maximum atomic E-state index is 12.9. The maximum absolute atomic E-state index is 12.9. The second kappa shape index (κ2) is 8.92. The van der Waals surface area contributed by atoms with E-state index >= 15 is 0 Å². The van der Waals surface area contributed by atoms with Gasteiger partial charge < -0.3 is 0 Å². The molecule has 0 unspecified atom stereocenters. The zero-order valence-electron chi connectivity index (χ0n) is 14.4. The van der Waals surface area contributed by atoms with Crippen molar-refractivity contribution in [2.75, 3.05) is 0 Å². The van der Waals surface area contributed by atoms with Crippen LogP contribution in [0.15, 0.2) is 90.0 Å². The lowest BCUT2D eigenvalue weighted by Gasteiger charge is -2.07. The van der Waals surface area contributed by atoms with Gasteiger partial charge in [0.05, 0.1) is 6.42 Å². The molecule has 4 nitrogen and oxygen atoms in total. The molecule has 5 heteroatoms. The van der Waals surface area contributed by atoms with Crippen LogP contribution in [0.4, 0.5) is 0 Å². The number of hydrogen-bond donors (Lipinski definition) is 1. The molecule has 0 fully saturated rings. The van der Waals surface area contributed by atoms with Crippen LogP contribution in [0.3, 0.4) is 0 Å². The molecular weight excluding hydrogens is 360 g/mol. The minimum Gasteiger partial charge on any atom is -0.287 e. The quantitative estimate of drug-likeness (QED) is 0.396. The topological polar surface area (TPSA) is 58.5 Å². The predicted octanol–water partition coefficient (Wildman–Crippen LogP) is 4.29. The van der Waals surface area contributed by atoms with Gasteiger partial charge in [-0.15, -0.1) is 0 Å². The highest BCUT2D eigenvalue weighted by atomic mass is 35.5. The molecule has 0 atom stereocenters. The molecule has 0 spiro atoms. The van der Waals surface area contributed by atoms with Crippen LogP contribution in [-0.4, -0.2) is 17.4 Å². The van der Waals surface area contributed by atoms with E-state index in [1.165, 1.54) is 0 Å². The van der Waals surface area contributed by atoms with Crippen LogP contribution in [-0.2, 0) is 11.2 Å². The lowest BCUT2D eigenvalue weighted by molar-refractivity contribution is -0.120. The van der Waals surface area contributed by atoms with E-state index in [-0.39, 0.29) is 23.8 Å². The molecule has 0 aliphatic carbocycles. The first-order valence-electron chi connectivity index (χ1n) is 8.39. The van der Waals surface area contributed by atoms with E-state index in [1.807, 2.05) is 24.3 Å². The fourth-order valence-electron chi connectivity index (χ4n) is 2.51. The Morgan fingerprint density at radius 3 is 1.93 bits per heavy atom. The average molecular weight is 377 g/mol. The van der Waals surface area contributed by atoms with Crippen molar-refractivity contribution in [2.24, 2.45) is 5.10 Å². The van der Waals surface area contributed by atoms with E-state index in [2.05, 4.69) is 10.5 Å². The third-order valence-corrected chi connectivity index (χ3v) is 4.12. The van der Waals surface area contributed by atoms with Crippen molar-refractivity contribution in [1.82, 2.24) is 5.43 Å². The number of nitrogens with one attached hydrogen (secondary N) is 1. The number of nitrogens with zero attached hydrogens (tertiary/aromatic N) is 1. The number of hydrazone groups is 1. The summed E-state index contributed by atoms with van der Waals surface area (Å²) in [5, 5.41) is 4.73. The number of rotatable bonds is 6. The van der Waals surface area contributed by atoms with Gasteiger partial charge in [-0.2, -0.15) is 5.10 Å². The Morgan fingerprint density at radius 1 is 0.778 bits per heavy atom. The number of hydrogen-bond acceptors (Lipinski definition) is 3. The van der Waals surface area contributed by atoms with E-state index in [9.17, 15) is 9.59 Å². The second-order valence-electron chi connectivity index (χ2n) is 5.86. The highest BCUT2D eigenvalue weighted by Gasteiger charge is 2.16. The van der Waals surface area contributed by atoms with Crippen molar-refractivity contribution in [3.63, 3.8) is 0 Å². The van der Waals surface area contributed by atoms with Gasteiger partial charge in [0.25, 0.3) is 0 Å². The molecule has 0 saturated heterocycles. The number of amides is 1. The highest BCUT2D eigenvalue weighted by Crippen LogP contribution is 2.11. The van der Waals surface area contributed by atoms with E-state index in [4.69, 9.17) is 11.6 Å². The van der Waals surface area contributed by atoms with Gasteiger partial charge in [-0.1, -0.05) is 84.4 Å². The van der Waals surface area contributed by atoms with Gasteiger partial charge in [-0.25, -0.2) is 5.43 Å². The molecule has 0 bridgehead atoms. The van der Waals surface area contributed by atoms with Crippen molar-refractivity contribution >= 4 is 29.0 Å². The van der Waals surface area contributed by atoms with Gasteiger partial charge in [0.1, 0.15) is 5.71 Å². The first-order chi connectivity index (χ1) is 13.1. The van der Waals surface area contributed by atoms with Crippen molar-refractivity contribution in [1.29, 1.82) is 0 Å². The summed E-state index contributed by atoms with van der Waals surface area (Å²) in [6.45, 7) is 0. The van der Waals surface area contributed by atoms with Crippen LogP contribution in [0.5, 0.6) is 0 Å². The molecular formula is C22H17ClN2O2. The standard InChI is InChI=1S/C22H17ClN2O2/c23-19-13-11-16(12-14-19)15-20(26)24-25-21(17-7-3-1-4-8-17)22(27)18-9-5-2-6-10-18/h1-14H,15H2,(H,24,26). The predicted molar refractivity (Wildman–Crippen MR) is 107 cm³/mol. The second-order valence-corrected chi connectivity index (χ2v) is 6.30. The Kier molecular flexibility index (Phi) is 6.13. The lowest BCUT2D eigenvalue weighted by Crippen LogP contribution is -2.25. The fourth-order valence-corrected chi connectivity index (χ4v) is 2.64. The summed E-state index contributed by atoms with van der Waals surface area (Å²) in [6, 6.07) is 24.9. The molecule has 1 N–H and O–H groups in total. The Hall–Kier alpha value is -3.24. The number of Topliss-reactive ketones (excluding diaryl/α,β-unsaturated/α-hetero) is 1. The fraction of sp³-hybridized carbons (Fsp3) is 0.0455. The number of benzene rings is 3. The maximum Gasteiger partial charge on any atom is 0.244 e. The van der Waals surface area contributed by atoms with Gasteiger partial charge in [-0.05, 0) is 17.7 Å². The summed E-state index contributed by atoms with van der Waals surface area (Å²) < 4.78 is 0. The normalized spacial score (nSPS) is 11.1. The third kappa shape index (κ3) is 5.12. The molecule has 0 heterocycles. The Labute approximate surface area is 162 Å². The number of carbonyl (C=O) groups is 2. The van der Waals surface area contributed by atoms with Crippen molar-refractivity contribution in [3.05, 3.63) is 107 Å². The first kappa shape index (κ1) is 18.5. The van der Waals surface area contributed by atoms with Crippen LogP contribution in [0.25, 0.3) is 0 Å². The summed E-state index contributed by atoms with van der Waals surface area (Å²) >= 11 is 5.85. The van der Waals surface area contributed by atoms with Crippen molar-refractivity contribution < 1.29 is 9.59 Å². The Balaban J connectivity index is 1.81. The van der Waals surface area contributed by atoms with Crippen LogP contribution in [0.2, 0.25) is 5.02 Å². The van der Waals surface area contributed by atoms with Crippen LogP contribution in [0, 0.1) is 0 Å². The summed E-state index contributed by atoms with van der Waals surface area (Å²) in [7, 11) is 0. The van der Waals surface area contributed by atoms with Gasteiger partial charge in [0, 0.05) is 16.1 Å². The summed E-state index contributed by atoms with van der Waals surface area (Å²) in [5.74, 6) is -0.569. The summed E-state index contributed by atoms with van der Waals surface area (Å²) in [6.07, 6.45) is 0.141. The molecule has 3 rings (SSSR count). The number of carbonyl (C=O) groups excluding carboxylic acids is 2. The monoisotopic (exact) mass is 376 g/mol. The largest absolute Gasteiger partial charge is 0.287 e. The first-order valence-corrected chi connectivity index (χ1v) is 8.77. The highest BCUT2D eigenvalue weighted by molar-refractivity contribution is 6.51. The van der Waals surface area contributed by atoms with Gasteiger partial charge in [-0.3, -0.25) is 9.59 Å². The minimum absolute atomic E-state index is 0.141. The lowest BCUT2D eigenvalue weighted by atomic mass is 10.0. The molecule has 0 aliphatic heterocycles. The van der Waals surface area contributed by atoms with Crippen LogP contribution < -0.4 is 5.43 Å².